The molecular formula is C16H12Cl2N4O. The van der Waals surface area contributed by atoms with E-state index in [1.807, 2.05) is 6.07 Å². The highest BCUT2D eigenvalue weighted by Gasteiger charge is 2.08. The van der Waals surface area contributed by atoms with Gasteiger partial charge < -0.3 is 10.6 Å². The van der Waals surface area contributed by atoms with Gasteiger partial charge in [0.15, 0.2) is 0 Å². The summed E-state index contributed by atoms with van der Waals surface area (Å²) in [5.74, 6) is -0.00318. The Morgan fingerprint density at radius 2 is 1.87 bits per heavy atom. The number of rotatable bonds is 5. The normalized spacial score (nSPS) is 10.7. The first-order valence-corrected chi connectivity index (χ1v) is 7.35. The van der Waals surface area contributed by atoms with Gasteiger partial charge in [-0.15, -0.1) is 0 Å². The van der Waals surface area contributed by atoms with Crippen molar-refractivity contribution in [2.45, 2.75) is 6.54 Å². The van der Waals surface area contributed by atoms with Crippen LogP contribution in [-0.4, -0.2) is 10.9 Å². The second-order valence-electron chi connectivity index (χ2n) is 4.48. The number of aromatic nitrogens is 1. The van der Waals surface area contributed by atoms with E-state index in [-0.39, 0.29) is 5.57 Å². The molecule has 0 aliphatic heterocycles. The Bertz CT molecular complexity index is 749. The maximum absolute atomic E-state index is 12.0. The quantitative estimate of drug-likeness (QED) is 0.641. The van der Waals surface area contributed by atoms with Gasteiger partial charge in [-0.1, -0.05) is 35.3 Å². The van der Waals surface area contributed by atoms with Gasteiger partial charge in [0.25, 0.3) is 5.91 Å². The second-order valence-corrected chi connectivity index (χ2v) is 5.36. The Morgan fingerprint density at radius 3 is 2.48 bits per heavy atom. The highest BCUT2D eigenvalue weighted by Crippen LogP contribution is 2.11. The molecule has 5 nitrogen and oxygen atoms in total. The van der Waals surface area contributed by atoms with E-state index >= 15 is 0 Å². The lowest BCUT2D eigenvalue weighted by Gasteiger charge is -2.05. The van der Waals surface area contributed by atoms with Gasteiger partial charge in [-0.3, -0.25) is 4.79 Å². The molecule has 0 atom stereocenters. The predicted molar refractivity (Wildman–Crippen MR) is 89.9 cm³/mol. The third-order valence-corrected chi connectivity index (χ3v) is 3.30. The number of nitriles is 1. The summed E-state index contributed by atoms with van der Waals surface area (Å²) in [5, 5.41) is 15.6. The van der Waals surface area contributed by atoms with Crippen LogP contribution in [0.4, 0.5) is 5.82 Å². The predicted octanol–water partition coefficient (Wildman–Crippen LogP) is 3.52. The molecule has 0 saturated heterocycles. The average Bonchev–Trinajstić information content (AvgIpc) is 2.56. The first-order valence-electron chi connectivity index (χ1n) is 6.59. The van der Waals surface area contributed by atoms with Crippen LogP contribution in [0.5, 0.6) is 0 Å². The molecule has 0 bridgehead atoms. The van der Waals surface area contributed by atoms with Gasteiger partial charge >= 0.3 is 0 Å². The lowest BCUT2D eigenvalue weighted by Crippen LogP contribution is -2.24. The highest BCUT2D eigenvalue weighted by atomic mass is 35.5. The average molecular weight is 347 g/mol. The van der Waals surface area contributed by atoms with Crippen LogP contribution >= 0.6 is 23.2 Å². The van der Waals surface area contributed by atoms with E-state index in [0.29, 0.717) is 22.4 Å². The second kappa shape index (κ2) is 8.18. The topological polar surface area (TPSA) is 77.8 Å². The van der Waals surface area contributed by atoms with Crippen molar-refractivity contribution >= 4 is 34.9 Å². The molecule has 0 saturated carbocycles. The summed E-state index contributed by atoms with van der Waals surface area (Å²) in [7, 11) is 0. The fourth-order valence-electron chi connectivity index (χ4n) is 1.64. The molecule has 1 aromatic carbocycles. The zero-order valence-electron chi connectivity index (χ0n) is 11.9. The van der Waals surface area contributed by atoms with Crippen molar-refractivity contribution in [2.75, 3.05) is 5.32 Å². The Hall–Kier alpha value is -2.55. The Balaban J connectivity index is 1.95. The van der Waals surface area contributed by atoms with Crippen molar-refractivity contribution in [1.29, 1.82) is 5.26 Å². The van der Waals surface area contributed by atoms with E-state index in [1.165, 1.54) is 12.4 Å². The molecule has 0 aliphatic rings. The molecule has 1 amide bonds. The third kappa shape index (κ3) is 5.29. The van der Waals surface area contributed by atoms with Gasteiger partial charge in [-0.2, -0.15) is 5.26 Å². The van der Waals surface area contributed by atoms with Crippen molar-refractivity contribution < 1.29 is 4.79 Å². The van der Waals surface area contributed by atoms with Crippen LogP contribution in [0.15, 0.2) is 54.4 Å². The van der Waals surface area contributed by atoms with E-state index in [9.17, 15) is 4.79 Å². The number of carbonyl (C=O) groups is 1. The summed E-state index contributed by atoms with van der Waals surface area (Å²) in [6.07, 6.45) is 2.76. The van der Waals surface area contributed by atoms with E-state index in [2.05, 4.69) is 15.6 Å². The minimum atomic E-state index is -0.482. The van der Waals surface area contributed by atoms with Gasteiger partial charge in [0.05, 0.1) is 5.02 Å². The maximum Gasteiger partial charge on any atom is 0.263 e. The summed E-state index contributed by atoms with van der Waals surface area (Å²) >= 11 is 11.5. The summed E-state index contributed by atoms with van der Waals surface area (Å²) < 4.78 is 0. The van der Waals surface area contributed by atoms with E-state index in [4.69, 9.17) is 28.5 Å². The van der Waals surface area contributed by atoms with Gasteiger partial charge in [-0.05, 0) is 29.8 Å². The molecule has 116 valence electrons. The smallest absolute Gasteiger partial charge is 0.263 e. The molecule has 0 unspecified atom stereocenters. The molecule has 2 rings (SSSR count). The first-order chi connectivity index (χ1) is 11.1. The largest absolute Gasteiger partial charge is 0.347 e. The highest BCUT2D eigenvalue weighted by molar-refractivity contribution is 6.30. The Kier molecular flexibility index (Phi) is 5.98. The van der Waals surface area contributed by atoms with Crippen molar-refractivity contribution in [3.63, 3.8) is 0 Å². The van der Waals surface area contributed by atoms with Gasteiger partial charge in [-0.25, -0.2) is 4.98 Å². The van der Waals surface area contributed by atoms with Gasteiger partial charge in [0.1, 0.15) is 17.5 Å². The van der Waals surface area contributed by atoms with Gasteiger partial charge in [0, 0.05) is 24.0 Å². The van der Waals surface area contributed by atoms with Crippen molar-refractivity contribution in [1.82, 2.24) is 10.3 Å². The van der Waals surface area contributed by atoms with Crippen LogP contribution in [0.3, 0.4) is 0 Å². The van der Waals surface area contributed by atoms with Crippen LogP contribution in [0.2, 0.25) is 10.0 Å². The molecule has 2 aromatic rings. The zero-order chi connectivity index (χ0) is 16.7. The number of carbonyl (C=O) groups excluding carboxylic acids is 1. The van der Waals surface area contributed by atoms with Crippen LogP contribution in [0, 0.1) is 11.3 Å². The van der Waals surface area contributed by atoms with Crippen molar-refractivity contribution in [2.24, 2.45) is 0 Å². The van der Waals surface area contributed by atoms with Crippen LogP contribution in [-0.2, 0) is 11.3 Å². The van der Waals surface area contributed by atoms with Crippen LogP contribution in [0.25, 0.3) is 0 Å². The van der Waals surface area contributed by atoms with E-state index in [1.54, 1.807) is 36.4 Å². The van der Waals surface area contributed by atoms with Gasteiger partial charge in [0.2, 0.25) is 0 Å². The monoisotopic (exact) mass is 346 g/mol. The summed E-state index contributed by atoms with van der Waals surface area (Å²) in [5.41, 5.74) is 0.822. The summed E-state index contributed by atoms with van der Waals surface area (Å²) in [6.45, 7) is 0.300. The number of amides is 1. The SMILES string of the molecule is N#C/C(=C/Nc1ccc(Cl)cn1)C(=O)NCc1ccc(Cl)cc1. The lowest BCUT2D eigenvalue weighted by atomic mass is 10.2. The molecule has 0 aliphatic carbocycles. The molecular weight excluding hydrogens is 335 g/mol. The molecule has 0 spiro atoms. The zero-order valence-corrected chi connectivity index (χ0v) is 13.4. The number of anilines is 1. The number of halogens is 2. The number of hydrogen-bond acceptors (Lipinski definition) is 4. The fraction of sp³-hybridized carbons (Fsp3) is 0.0625. The minimum Gasteiger partial charge on any atom is -0.347 e. The Labute approximate surface area is 143 Å². The molecule has 1 aromatic heterocycles. The van der Waals surface area contributed by atoms with E-state index in [0.717, 1.165) is 5.56 Å². The molecule has 2 N–H and O–H groups in total. The standard InChI is InChI=1S/C16H12Cl2N4O/c17-13-3-1-11(2-4-13)8-22-16(23)12(7-19)9-20-15-6-5-14(18)10-21-15/h1-6,9-10H,8H2,(H,20,21)(H,22,23)/b12-9-. The molecule has 0 radical (unpaired) electrons. The molecule has 7 heteroatoms. The first kappa shape index (κ1) is 16.8. The van der Waals surface area contributed by atoms with Crippen molar-refractivity contribution in [3.8, 4) is 6.07 Å². The van der Waals surface area contributed by atoms with E-state index < -0.39 is 5.91 Å². The number of nitrogens with zero attached hydrogens (tertiary/aromatic N) is 2. The summed E-state index contributed by atoms with van der Waals surface area (Å²) in [4.78, 5) is 16.0. The Morgan fingerprint density at radius 1 is 1.17 bits per heavy atom. The minimum absolute atomic E-state index is 0.0595. The van der Waals surface area contributed by atoms with Crippen molar-refractivity contribution in [3.05, 3.63) is 70.0 Å². The number of hydrogen-bond donors (Lipinski definition) is 2. The lowest BCUT2D eigenvalue weighted by molar-refractivity contribution is -0.117. The summed E-state index contributed by atoms with van der Waals surface area (Å²) in [6, 6.07) is 12.2. The number of pyridine rings is 1. The molecule has 23 heavy (non-hydrogen) atoms. The number of nitrogens with one attached hydrogen (secondary N) is 2. The fourth-order valence-corrected chi connectivity index (χ4v) is 1.87. The molecule has 0 fully saturated rings. The maximum atomic E-state index is 12.0. The number of benzene rings is 1. The van der Waals surface area contributed by atoms with Crippen LogP contribution < -0.4 is 10.6 Å². The third-order valence-electron chi connectivity index (χ3n) is 2.82. The molecule has 1 heterocycles. The van der Waals surface area contributed by atoms with Crippen LogP contribution in [0.1, 0.15) is 5.56 Å².